The molecule has 0 saturated heterocycles. The van der Waals surface area contributed by atoms with Crippen LogP contribution in [0.4, 0.5) is 11.4 Å². The Bertz CT molecular complexity index is 1020. The van der Waals surface area contributed by atoms with Crippen molar-refractivity contribution in [3.63, 3.8) is 0 Å². The zero-order valence-electron chi connectivity index (χ0n) is 17.1. The Morgan fingerprint density at radius 3 is 1.79 bits per heavy atom. The number of amides is 2. The minimum absolute atomic E-state index is 0.307. The van der Waals surface area contributed by atoms with E-state index >= 15 is 0 Å². The molecule has 0 radical (unpaired) electrons. The lowest BCUT2D eigenvalue weighted by atomic mass is 10.0. The Morgan fingerprint density at radius 1 is 0.759 bits per heavy atom. The molecular weight excluding hydrogens is 362 g/mol. The maximum Gasteiger partial charge on any atom is 0.257 e. The Kier molecular flexibility index (Phi) is 6.07. The molecular formula is C24H25N3O2. The number of rotatable bonds is 5. The summed E-state index contributed by atoms with van der Waals surface area (Å²) in [6, 6.07) is 15.1. The standard InChI is InChI=1S/C24H25N3O2/c1-15(2)18-5-7-21(8-6-18)26-23(28)19-12-20(14-25-13-19)24(29)27-22-10-16(3)9-17(4)11-22/h5-15H,1-4H3,(H,26,28)(H,27,29). The summed E-state index contributed by atoms with van der Waals surface area (Å²) in [6.45, 7) is 8.19. The van der Waals surface area contributed by atoms with Gasteiger partial charge in [0.2, 0.25) is 0 Å². The molecule has 3 aromatic rings. The van der Waals surface area contributed by atoms with Crippen LogP contribution >= 0.6 is 0 Å². The van der Waals surface area contributed by atoms with Gasteiger partial charge in [-0.05, 0) is 66.8 Å². The fourth-order valence-electron chi connectivity index (χ4n) is 3.09. The fourth-order valence-corrected chi connectivity index (χ4v) is 3.09. The molecule has 0 saturated carbocycles. The van der Waals surface area contributed by atoms with Gasteiger partial charge in [0.1, 0.15) is 0 Å². The monoisotopic (exact) mass is 387 g/mol. The number of hydrogen-bond acceptors (Lipinski definition) is 3. The van der Waals surface area contributed by atoms with Gasteiger partial charge in [-0.15, -0.1) is 0 Å². The van der Waals surface area contributed by atoms with E-state index < -0.39 is 0 Å². The second kappa shape index (κ2) is 8.69. The van der Waals surface area contributed by atoms with Crippen molar-refractivity contribution in [3.05, 3.63) is 88.7 Å². The van der Waals surface area contributed by atoms with E-state index in [2.05, 4.69) is 29.5 Å². The van der Waals surface area contributed by atoms with Crippen LogP contribution in [-0.4, -0.2) is 16.8 Å². The van der Waals surface area contributed by atoms with Gasteiger partial charge in [0.15, 0.2) is 0 Å². The zero-order chi connectivity index (χ0) is 21.0. The summed E-state index contributed by atoms with van der Waals surface area (Å²) in [5.41, 5.74) is 5.40. The first-order valence-corrected chi connectivity index (χ1v) is 9.58. The summed E-state index contributed by atoms with van der Waals surface area (Å²) in [5.74, 6) is -0.189. The Morgan fingerprint density at radius 2 is 1.28 bits per heavy atom. The molecule has 0 aliphatic carbocycles. The molecule has 0 aliphatic rings. The lowest BCUT2D eigenvalue weighted by Crippen LogP contribution is -2.16. The van der Waals surface area contributed by atoms with E-state index in [1.807, 2.05) is 56.3 Å². The zero-order valence-corrected chi connectivity index (χ0v) is 17.1. The number of anilines is 2. The van der Waals surface area contributed by atoms with Crippen LogP contribution in [0.15, 0.2) is 60.9 Å². The fraction of sp³-hybridized carbons (Fsp3) is 0.208. The number of carbonyl (C=O) groups excluding carboxylic acids is 2. The molecule has 5 heteroatoms. The van der Waals surface area contributed by atoms with Gasteiger partial charge in [0.25, 0.3) is 11.8 Å². The molecule has 5 nitrogen and oxygen atoms in total. The quantitative estimate of drug-likeness (QED) is 0.622. The van der Waals surface area contributed by atoms with Crippen LogP contribution in [0.1, 0.15) is 57.2 Å². The first-order chi connectivity index (χ1) is 13.8. The molecule has 0 spiro atoms. The average Bonchev–Trinajstić information content (AvgIpc) is 2.67. The molecule has 29 heavy (non-hydrogen) atoms. The lowest BCUT2D eigenvalue weighted by molar-refractivity contribution is 0.102. The number of benzene rings is 2. The lowest BCUT2D eigenvalue weighted by Gasteiger charge is -2.10. The van der Waals surface area contributed by atoms with Crippen molar-refractivity contribution < 1.29 is 9.59 Å². The third-order valence-corrected chi connectivity index (χ3v) is 4.58. The first-order valence-electron chi connectivity index (χ1n) is 9.58. The SMILES string of the molecule is Cc1cc(C)cc(NC(=O)c2cncc(C(=O)Nc3ccc(C(C)C)cc3)c2)c1. The molecule has 0 unspecified atom stereocenters. The number of nitrogens with one attached hydrogen (secondary N) is 2. The first kappa shape index (κ1) is 20.3. The van der Waals surface area contributed by atoms with Gasteiger partial charge in [-0.1, -0.05) is 32.0 Å². The molecule has 0 fully saturated rings. The molecule has 1 heterocycles. The van der Waals surface area contributed by atoms with Crippen LogP contribution in [0.5, 0.6) is 0 Å². The molecule has 2 amide bonds. The van der Waals surface area contributed by atoms with Crippen molar-refractivity contribution in [2.75, 3.05) is 10.6 Å². The summed E-state index contributed by atoms with van der Waals surface area (Å²) in [5, 5.41) is 5.71. The number of aromatic nitrogens is 1. The Labute approximate surface area is 171 Å². The topological polar surface area (TPSA) is 71.1 Å². The van der Waals surface area contributed by atoms with Crippen molar-refractivity contribution in [1.82, 2.24) is 4.98 Å². The van der Waals surface area contributed by atoms with E-state index in [9.17, 15) is 9.59 Å². The summed E-state index contributed by atoms with van der Waals surface area (Å²) >= 11 is 0. The second-order valence-electron chi connectivity index (χ2n) is 7.52. The van der Waals surface area contributed by atoms with Crippen molar-refractivity contribution in [2.45, 2.75) is 33.6 Å². The van der Waals surface area contributed by atoms with E-state index in [1.54, 1.807) is 6.07 Å². The van der Waals surface area contributed by atoms with E-state index in [-0.39, 0.29) is 11.8 Å². The largest absolute Gasteiger partial charge is 0.322 e. The van der Waals surface area contributed by atoms with Crippen LogP contribution in [0.2, 0.25) is 0 Å². The summed E-state index contributed by atoms with van der Waals surface area (Å²) in [7, 11) is 0. The number of nitrogens with zero attached hydrogens (tertiary/aromatic N) is 1. The minimum Gasteiger partial charge on any atom is -0.322 e. The molecule has 3 rings (SSSR count). The van der Waals surface area contributed by atoms with Crippen LogP contribution in [-0.2, 0) is 0 Å². The highest BCUT2D eigenvalue weighted by atomic mass is 16.2. The Hall–Kier alpha value is -3.47. The normalized spacial score (nSPS) is 10.7. The van der Waals surface area contributed by atoms with Gasteiger partial charge in [-0.2, -0.15) is 0 Å². The predicted octanol–water partition coefficient (Wildman–Crippen LogP) is 5.33. The van der Waals surface area contributed by atoms with Crippen molar-refractivity contribution in [3.8, 4) is 0 Å². The summed E-state index contributed by atoms with van der Waals surface area (Å²) in [6.07, 6.45) is 2.90. The van der Waals surface area contributed by atoms with Gasteiger partial charge >= 0.3 is 0 Å². The highest BCUT2D eigenvalue weighted by Crippen LogP contribution is 2.18. The van der Waals surface area contributed by atoms with Gasteiger partial charge < -0.3 is 10.6 Å². The highest BCUT2D eigenvalue weighted by Gasteiger charge is 2.12. The van der Waals surface area contributed by atoms with Gasteiger partial charge in [0.05, 0.1) is 11.1 Å². The minimum atomic E-state index is -0.309. The number of pyridine rings is 1. The summed E-state index contributed by atoms with van der Waals surface area (Å²) < 4.78 is 0. The van der Waals surface area contributed by atoms with Crippen LogP contribution in [0.3, 0.4) is 0 Å². The molecule has 2 N–H and O–H groups in total. The molecule has 0 bridgehead atoms. The van der Waals surface area contributed by atoms with Crippen LogP contribution in [0, 0.1) is 13.8 Å². The number of aryl methyl sites for hydroxylation is 2. The van der Waals surface area contributed by atoms with Gasteiger partial charge in [-0.3, -0.25) is 14.6 Å². The highest BCUT2D eigenvalue weighted by molar-refractivity contribution is 6.08. The van der Waals surface area contributed by atoms with E-state index in [1.165, 1.54) is 18.0 Å². The van der Waals surface area contributed by atoms with E-state index in [0.29, 0.717) is 28.4 Å². The smallest absolute Gasteiger partial charge is 0.257 e. The molecule has 1 aromatic heterocycles. The maximum atomic E-state index is 12.6. The number of carbonyl (C=O) groups is 2. The molecule has 148 valence electrons. The van der Waals surface area contributed by atoms with E-state index in [4.69, 9.17) is 0 Å². The van der Waals surface area contributed by atoms with Crippen LogP contribution in [0.25, 0.3) is 0 Å². The molecule has 2 aromatic carbocycles. The summed E-state index contributed by atoms with van der Waals surface area (Å²) in [4.78, 5) is 29.2. The third kappa shape index (κ3) is 5.29. The Balaban J connectivity index is 1.72. The number of hydrogen-bond donors (Lipinski definition) is 2. The van der Waals surface area contributed by atoms with Crippen LogP contribution < -0.4 is 10.6 Å². The van der Waals surface area contributed by atoms with Gasteiger partial charge in [-0.25, -0.2) is 0 Å². The van der Waals surface area contributed by atoms with Gasteiger partial charge in [0, 0.05) is 23.8 Å². The maximum absolute atomic E-state index is 12.6. The molecule has 0 atom stereocenters. The van der Waals surface area contributed by atoms with E-state index in [0.717, 1.165) is 11.1 Å². The second-order valence-corrected chi connectivity index (χ2v) is 7.52. The molecule has 0 aliphatic heterocycles. The average molecular weight is 387 g/mol. The predicted molar refractivity (Wildman–Crippen MR) is 117 cm³/mol. The third-order valence-electron chi connectivity index (χ3n) is 4.58. The van der Waals surface area contributed by atoms with Crippen molar-refractivity contribution in [1.29, 1.82) is 0 Å². The van der Waals surface area contributed by atoms with Crippen molar-refractivity contribution in [2.24, 2.45) is 0 Å². The van der Waals surface area contributed by atoms with Crippen molar-refractivity contribution >= 4 is 23.2 Å².